The first-order valence-electron chi connectivity index (χ1n) is 8.62. The van der Waals surface area contributed by atoms with Crippen molar-refractivity contribution in [2.45, 2.75) is 51.0 Å². The molecular weight excluding hydrogens is 326 g/mol. The maximum absolute atomic E-state index is 12.6. The molecule has 0 aromatic rings. The molecule has 0 radical (unpaired) electrons. The van der Waals surface area contributed by atoms with Crippen LogP contribution in [0.4, 0.5) is 0 Å². The van der Waals surface area contributed by atoms with Gasteiger partial charge in [-0.05, 0) is 31.8 Å². The van der Waals surface area contributed by atoms with Crippen molar-refractivity contribution in [1.29, 1.82) is 0 Å². The Bertz CT molecular complexity index is 637. The van der Waals surface area contributed by atoms with Gasteiger partial charge in [0.2, 0.25) is 0 Å². The fraction of sp³-hybridized carbons (Fsp3) is 0.667. The lowest BCUT2D eigenvalue weighted by Crippen LogP contribution is -2.45. The molecule has 2 fully saturated rings. The van der Waals surface area contributed by atoms with Gasteiger partial charge >= 0.3 is 11.9 Å². The molecule has 0 amide bonds. The highest BCUT2D eigenvalue weighted by Crippen LogP contribution is 2.34. The molecule has 0 spiro atoms. The molecule has 3 heterocycles. The summed E-state index contributed by atoms with van der Waals surface area (Å²) in [7, 11) is 0. The number of aliphatic hydroxyl groups is 2. The van der Waals surface area contributed by atoms with E-state index in [1.54, 1.807) is 19.9 Å². The van der Waals surface area contributed by atoms with Crippen LogP contribution in [0.5, 0.6) is 0 Å². The SMILES string of the molecule is C/C=C1\C[C@@H](C)[C@@](C)(O)C(=O)OCC2=CCN3C[C@@H](O)[C@H](OC1=O)[C@H]23. The Balaban J connectivity index is 1.94. The third-order valence-corrected chi connectivity index (χ3v) is 5.60. The van der Waals surface area contributed by atoms with Gasteiger partial charge in [-0.25, -0.2) is 9.59 Å². The fourth-order valence-corrected chi connectivity index (χ4v) is 3.70. The zero-order chi connectivity index (χ0) is 18.4. The number of hydrogen-bond acceptors (Lipinski definition) is 7. The molecule has 3 aliphatic heterocycles. The van der Waals surface area contributed by atoms with Gasteiger partial charge in [-0.1, -0.05) is 19.1 Å². The van der Waals surface area contributed by atoms with E-state index in [-0.39, 0.29) is 19.1 Å². The first-order chi connectivity index (χ1) is 11.8. The molecule has 0 unspecified atom stereocenters. The number of esters is 2. The van der Waals surface area contributed by atoms with Crippen LogP contribution < -0.4 is 0 Å². The number of carbonyl (C=O) groups is 2. The zero-order valence-electron chi connectivity index (χ0n) is 14.8. The quantitative estimate of drug-likeness (QED) is 0.365. The molecule has 7 heteroatoms. The van der Waals surface area contributed by atoms with E-state index in [1.807, 2.05) is 11.0 Å². The number of aliphatic hydroxyl groups excluding tert-OH is 1. The number of ether oxygens (including phenoxy) is 2. The molecule has 0 aromatic heterocycles. The lowest BCUT2D eigenvalue weighted by molar-refractivity contribution is -0.169. The number of nitrogens with zero attached hydrogens (tertiary/aromatic N) is 1. The second-order valence-electron chi connectivity index (χ2n) is 7.26. The molecule has 3 aliphatic rings. The third-order valence-electron chi connectivity index (χ3n) is 5.60. The Morgan fingerprint density at radius 3 is 2.80 bits per heavy atom. The van der Waals surface area contributed by atoms with Crippen LogP contribution in [0.15, 0.2) is 23.3 Å². The van der Waals surface area contributed by atoms with Crippen LogP contribution in [-0.2, 0) is 19.1 Å². The molecule has 138 valence electrons. The molecular formula is C18H25NO6. The maximum Gasteiger partial charge on any atom is 0.338 e. The van der Waals surface area contributed by atoms with E-state index in [0.29, 0.717) is 18.7 Å². The van der Waals surface area contributed by atoms with Gasteiger partial charge in [0.15, 0.2) is 5.60 Å². The molecule has 5 atom stereocenters. The van der Waals surface area contributed by atoms with Crippen LogP contribution in [0, 0.1) is 5.92 Å². The summed E-state index contributed by atoms with van der Waals surface area (Å²) in [6.07, 6.45) is 2.25. The predicted octanol–water partition coefficient (Wildman–Crippen LogP) is 0.164. The van der Waals surface area contributed by atoms with Crippen LogP contribution >= 0.6 is 0 Å². The summed E-state index contributed by atoms with van der Waals surface area (Å²) in [6, 6.07) is -0.299. The molecule has 3 rings (SSSR count). The van der Waals surface area contributed by atoms with Crippen LogP contribution in [0.1, 0.15) is 27.2 Å². The minimum atomic E-state index is -1.71. The lowest BCUT2D eigenvalue weighted by atomic mass is 9.85. The van der Waals surface area contributed by atoms with Gasteiger partial charge in [0.05, 0.1) is 6.04 Å². The Hall–Kier alpha value is -1.70. The van der Waals surface area contributed by atoms with Gasteiger partial charge in [0.25, 0.3) is 0 Å². The molecule has 2 saturated heterocycles. The number of allylic oxidation sites excluding steroid dienone is 1. The minimum Gasteiger partial charge on any atom is -0.459 e. The van der Waals surface area contributed by atoms with E-state index in [4.69, 9.17) is 9.47 Å². The van der Waals surface area contributed by atoms with Crippen molar-refractivity contribution in [1.82, 2.24) is 4.90 Å². The van der Waals surface area contributed by atoms with E-state index in [2.05, 4.69) is 0 Å². The summed E-state index contributed by atoms with van der Waals surface area (Å²) >= 11 is 0. The van der Waals surface area contributed by atoms with Gasteiger partial charge in [-0.15, -0.1) is 0 Å². The molecule has 0 saturated carbocycles. The van der Waals surface area contributed by atoms with Crippen molar-refractivity contribution in [3.63, 3.8) is 0 Å². The van der Waals surface area contributed by atoms with Crippen molar-refractivity contribution < 1.29 is 29.3 Å². The van der Waals surface area contributed by atoms with Gasteiger partial charge in [0.1, 0.15) is 18.8 Å². The molecule has 0 bridgehead atoms. The van der Waals surface area contributed by atoms with Crippen molar-refractivity contribution >= 4 is 11.9 Å². The summed E-state index contributed by atoms with van der Waals surface area (Å²) < 4.78 is 11.0. The molecule has 0 aromatic carbocycles. The summed E-state index contributed by atoms with van der Waals surface area (Å²) in [5.74, 6) is -1.76. The number of carbonyl (C=O) groups excluding carboxylic acids is 2. The largest absolute Gasteiger partial charge is 0.459 e. The Kier molecular flexibility index (Phi) is 4.74. The summed E-state index contributed by atoms with van der Waals surface area (Å²) in [4.78, 5) is 26.9. The van der Waals surface area contributed by atoms with E-state index in [0.717, 1.165) is 5.57 Å². The van der Waals surface area contributed by atoms with Crippen LogP contribution in [0.2, 0.25) is 0 Å². The van der Waals surface area contributed by atoms with Gasteiger partial charge < -0.3 is 19.7 Å². The molecule has 2 N–H and O–H groups in total. The van der Waals surface area contributed by atoms with Crippen LogP contribution in [0.25, 0.3) is 0 Å². The van der Waals surface area contributed by atoms with Gasteiger partial charge in [-0.3, -0.25) is 4.90 Å². The first-order valence-corrected chi connectivity index (χ1v) is 8.62. The van der Waals surface area contributed by atoms with E-state index >= 15 is 0 Å². The van der Waals surface area contributed by atoms with E-state index < -0.39 is 35.7 Å². The average molecular weight is 351 g/mol. The first kappa shape index (κ1) is 18.1. The second kappa shape index (κ2) is 6.55. The fourth-order valence-electron chi connectivity index (χ4n) is 3.70. The third kappa shape index (κ3) is 3.12. The highest BCUT2D eigenvalue weighted by Gasteiger charge is 2.49. The average Bonchev–Trinajstić information content (AvgIpc) is 3.08. The smallest absolute Gasteiger partial charge is 0.338 e. The number of cyclic esters (lactones) is 1. The van der Waals surface area contributed by atoms with Crippen molar-refractivity contribution in [2.24, 2.45) is 5.92 Å². The summed E-state index contributed by atoms with van der Waals surface area (Å²) in [6.45, 7) is 5.82. The predicted molar refractivity (Wildman–Crippen MR) is 88.5 cm³/mol. The topological polar surface area (TPSA) is 96.3 Å². The summed E-state index contributed by atoms with van der Waals surface area (Å²) in [5, 5.41) is 20.9. The molecule has 25 heavy (non-hydrogen) atoms. The second-order valence-corrected chi connectivity index (χ2v) is 7.26. The van der Waals surface area contributed by atoms with Crippen molar-refractivity contribution in [3.05, 3.63) is 23.3 Å². The zero-order valence-corrected chi connectivity index (χ0v) is 14.8. The number of rotatable bonds is 0. The van der Waals surface area contributed by atoms with Gasteiger partial charge in [0, 0.05) is 18.7 Å². The van der Waals surface area contributed by atoms with E-state index in [9.17, 15) is 19.8 Å². The van der Waals surface area contributed by atoms with Crippen molar-refractivity contribution in [2.75, 3.05) is 19.7 Å². The molecule has 0 aliphatic carbocycles. The van der Waals surface area contributed by atoms with Crippen molar-refractivity contribution in [3.8, 4) is 0 Å². The number of hydrogen-bond donors (Lipinski definition) is 2. The highest BCUT2D eigenvalue weighted by atomic mass is 16.6. The Morgan fingerprint density at radius 1 is 1.40 bits per heavy atom. The Morgan fingerprint density at radius 2 is 2.12 bits per heavy atom. The normalized spacial score (nSPS) is 41.5. The summed E-state index contributed by atoms with van der Waals surface area (Å²) in [5.41, 5.74) is -0.551. The minimum absolute atomic E-state index is 0.0140. The van der Waals surface area contributed by atoms with Gasteiger partial charge in [-0.2, -0.15) is 0 Å². The highest BCUT2D eigenvalue weighted by molar-refractivity contribution is 5.89. The van der Waals surface area contributed by atoms with Crippen LogP contribution in [-0.4, -0.2) is 70.6 Å². The van der Waals surface area contributed by atoms with Crippen LogP contribution in [0.3, 0.4) is 0 Å². The van der Waals surface area contributed by atoms with E-state index in [1.165, 1.54) is 6.92 Å². The Labute approximate surface area is 146 Å². The molecule has 7 nitrogen and oxygen atoms in total. The lowest BCUT2D eigenvalue weighted by Gasteiger charge is -2.31. The monoisotopic (exact) mass is 351 g/mol. The maximum atomic E-state index is 12.6. The standard InChI is InChI=1S/C18H25NO6/c1-4-11-7-10(2)18(3,23)17(22)24-9-12-5-6-19-8-13(20)15(14(12)19)25-16(11)21/h4-5,10,13-15,20,23H,6-9H2,1-3H3/b11-4+/t10-,13-,14+,15+,18-/m1/s1.